The minimum absolute atomic E-state index is 0.0633. The molecule has 0 aliphatic rings. The zero-order valence-corrected chi connectivity index (χ0v) is 10.6. The molecule has 0 amide bonds. The fraction of sp³-hybridized carbons (Fsp3) is 0.222. The number of carbonyl (C=O) groups is 1. The van der Waals surface area contributed by atoms with E-state index in [4.69, 9.17) is 16.7 Å². The highest BCUT2D eigenvalue weighted by Crippen LogP contribution is 2.30. The zero-order valence-electron chi connectivity index (χ0n) is 8.23. The lowest BCUT2D eigenvalue weighted by Gasteiger charge is -1.98. The van der Waals surface area contributed by atoms with Crippen molar-refractivity contribution in [2.45, 2.75) is 12.1 Å². The molecule has 0 aromatic carbocycles. The van der Waals surface area contributed by atoms with Crippen molar-refractivity contribution in [2.24, 2.45) is 0 Å². The van der Waals surface area contributed by atoms with Crippen molar-refractivity contribution in [1.82, 2.24) is 9.97 Å². The van der Waals surface area contributed by atoms with Crippen molar-refractivity contribution in [3.8, 4) is 0 Å². The van der Waals surface area contributed by atoms with Crippen LogP contribution in [0.15, 0.2) is 11.2 Å². The van der Waals surface area contributed by atoms with E-state index in [2.05, 4.69) is 9.97 Å². The molecule has 2 heterocycles. The number of aromatic nitrogens is 2. The monoisotopic (exact) mass is 274 g/mol. The minimum atomic E-state index is -0.896. The number of carboxylic acid groups (broad SMARTS) is 1. The van der Waals surface area contributed by atoms with Crippen LogP contribution in [0.2, 0.25) is 5.15 Å². The quantitative estimate of drug-likeness (QED) is 0.530. The highest BCUT2D eigenvalue weighted by atomic mass is 35.5. The van der Waals surface area contributed by atoms with Gasteiger partial charge in [-0.2, -0.15) is 0 Å². The van der Waals surface area contributed by atoms with Gasteiger partial charge in [-0.1, -0.05) is 23.4 Å². The topological polar surface area (TPSA) is 63.1 Å². The maximum Gasteiger partial charge on any atom is 0.313 e. The molecule has 84 valence electrons. The summed E-state index contributed by atoms with van der Waals surface area (Å²) in [6.45, 7) is 1.97. The van der Waals surface area contributed by atoms with Crippen molar-refractivity contribution in [3.05, 3.63) is 16.1 Å². The van der Waals surface area contributed by atoms with Gasteiger partial charge in [-0.05, 0) is 13.0 Å². The number of fused-ring (bicyclic) bond motifs is 1. The lowest BCUT2D eigenvalue weighted by atomic mass is 10.4. The number of nitrogens with zero attached hydrogens (tertiary/aromatic N) is 2. The number of hydrogen-bond donors (Lipinski definition) is 1. The Hall–Kier alpha value is -0.850. The Balaban J connectivity index is 2.37. The summed E-state index contributed by atoms with van der Waals surface area (Å²) in [5.41, 5.74) is 0. The zero-order chi connectivity index (χ0) is 11.7. The molecule has 0 bridgehead atoms. The Morgan fingerprint density at radius 1 is 1.62 bits per heavy atom. The molecule has 0 saturated carbocycles. The summed E-state index contributed by atoms with van der Waals surface area (Å²) < 4.78 is 0. The van der Waals surface area contributed by atoms with Gasteiger partial charge in [0.25, 0.3) is 0 Å². The number of halogens is 1. The van der Waals surface area contributed by atoms with E-state index in [1.54, 1.807) is 0 Å². The summed E-state index contributed by atoms with van der Waals surface area (Å²) in [5.74, 6) is -0.959. The summed E-state index contributed by atoms with van der Waals surface area (Å²) in [5, 5.41) is 10.2. The molecule has 0 aliphatic carbocycles. The van der Waals surface area contributed by atoms with E-state index in [1.807, 2.05) is 13.0 Å². The Morgan fingerprint density at radius 2 is 2.38 bits per heavy atom. The third kappa shape index (κ3) is 2.45. The summed E-state index contributed by atoms with van der Waals surface area (Å²) in [6, 6.07) is 1.92. The molecule has 0 fully saturated rings. The van der Waals surface area contributed by atoms with Gasteiger partial charge in [-0.3, -0.25) is 4.79 Å². The van der Waals surface area contributed by atoms with Gasteiger partial charge >= 0.3 is 5.97 Å². The van der Waals surface area contributed by atoms with Crippen LogP contribution in [0, 0.1) is 6.92 Å². The third-order valence-electron chi connectivity index (χ3n) is 1.77. The second kappa shape index (κ2) is 4.57. The second-order valence-electron chi connectivity index (χ2n) is 3.06. The van der Waals surface area contributed by atoms with Crippen molar-refractivity contribution < 1.29 is 9.90 Å². The van der Waals surface area contributed by atoms with Gasteiger partial charge in [0, 0.05) is 10.3 Å². The van der Waals surface area contributed by atoms with Crippen molar-refractivity contribution in [3.63, 3.8) is 0 Å². The van der Waals surface area contributed by atoms with Gasteiger partial charge in [0.2, 0.25) is 0 Å². The van der Waals surface area contributed by atoms with Gasteiger partial charge in [-0.15, -0.1) is 11.3 Å². The molecule has 1 N–H and O–H groups in total. The number of aryl methyl sites for hydroxylation is 1. The normalized spacial score (nSPS) is 10.9. The molecule has 0 unspecified atom stereocenters. The van der Waals surface area contributed by atoms with Crippen LogP contribution in [0.4, 0.5) is 0 Å². The molecular weight excluding hydrogens is 268 g/mol. The number of hydrogen-bond acceptors (Lipinski definition) is 5. The van der Waals surface area contributed by atoms with E-state index in [1.165, 1.54) is 11.3 Å². The fourth-order valence-corrected chi connectivity index (χ4v) is 3.01. The fourth-order valence-electron chi connectivity index (χ4n) is 1.18. The highest BCUT2D eigenvalue weighted by molar-refractivity contribution is 7.99. The van der Waals surface area contributed by atoms with Crippen LogP contribution >= 0.6 is 34.7 Å². The lowest BCUT2D eigenvalue weighted by molar-refractivity contribution is -0.133. The van der Waals surface area contributed by atoms with Crippen LogP contribution in [0.5, 0.6) is 0 Å². The molecule has 2 aromatic heterocycles. The van der Waals surface area contributed by atoms with Crippen LogP contribution in [-0.2, 0) is 4.79 Å². The average molecular weight is 275 g/mol. The first-order valence-corrected chi connectivity index (χ1v) is 6.52. The second-order valence-corrected chi connectivity index (χ2v) is 5.59. The Labute approximate surface area is 105 Å². The maximum absolute atomic E-state index is 10.4. The number of thioether (sulfide) groups is 1. The Bertz CT molecular complexity index is 556. The van der Waals surface area contributed by atoms with Crippen LogP contribution in [0.3, 0.4) is 0 Å². The van der Waals surface area contributed by atoms with Gasteiger partial charge in [0.1, 0.15) is 9.98 Å². The number of carboxylic acids is 1. The van der Waals surface area contributed by atoms with Crippen LogP contribution in [0.25, 0.3) is 10.2 Å². The Kier molecular flexibility index (Phi) is 3.32. The first-order chi connectivity index (χ1) is 7.56. The summed E-state index contributed by atoms with van der Waals surface area (Å²) in [4.78, 5) is 20.6. The number of rotatable bonds is 3. The first-order valence-electron chi connectivity index (χ1n) is 4.34. The van der Waals surface area contributed by atoms with Crippen LogP contribution < -0.4 is 0 Å². The van der Waals surface area contributed by atoms with Gasteiger partial charge < -0.3 is 5.11 Å². The Morgan fingerprint density at radius 3 is 3.06 bits per heavy atom. The SMILES string of the molecule is Cc1cc2c(Cl)nc(SCC(=O)O)nc2s1. The molecule has 0 aliphatic heterocycles. The van der Waals surface area contributed by atoms with E-state index >= 15 is 0 Å². The van der Waals surface area contributed by atoms with E-state index < -0.39 is 5.97 Å². The summed E-state index contributed by atoms with van der Waals surface area (Å²) in [7, 11) is 0. The molecule has 0 saturated heterocycles. The molecule has 16 heavy (non-hydrogen) atoms. The largest absolute Gasteiger partial charge is 0.481 e. The number of aliphatic carboxylic acids is 1. The van der Waals surface area contributed by atoms with E-state index in [9.17, 15) is 4.79 Å². The van der Waals surface area contributed by atoms with Crippen LogP contribution in [0.1, 0.15) is 4.88 Å². The lowest BCUT2D eigenvalue weighted by Crippen LogP contribution is -1.99. The van der Waals surface area contributed by atoms with Crippen LogP contribution in [-0.4, -0.2) is 26.8 Å². The average Bonchev–Trinajstić information content (AvgIpc) is 2.56. The minimum Gasteiger partial charge on any atom is -0.481 e. The van der Waals surface area contributed by atoms with E-state index in [-0.39, 0.29) is 5.75 Å². The molecule has 2 aromatic rings. The molecule has 0 spiro atoms. The third-order valence-corrected chi connectivity index (χ3v) is 3.84. The van der Waals surface area contributed by atoms with Crippen molar-refractivity contribution in [2.75, 3.05) is 5.75 Å². The molecule has 7 heteroatoms. The predicted molar refractivity (Wildman–Crippen MR) is 65.5 cm³/mol. The molecule has 0 radical (unpaired) electrons. The van der Waals surface area contributed by atoms with Gasteiger partial charge in [0.15, 0.2) is 5.16 Å². The first kappa shape index (κ1) is 11.6. The molecule has 0 atom stereocenters. The van der Waals surface area contributed by atoms with E-state index in [0.29, 0.717) is 10.3 Å². The van der Waals surface area contributed by atoms with Crippen molar-refractivity contribution in [1.29, 1.82) is 0 Å². The van der Waals surface area contributed by atoms with E-state index in [0.717, 1.165) is 26.9 Å². The van der Waals surface area contributed by atoms with Crippen molar-refractivity contribution >= 4 is 50.9 Å². The molecule has 2 rings (SSSR count). The number of thiophene rings is 1. The molecular formula is C9H7ClN2O2S2. The summed E-state index contributed by atoms with van der Waals surface area (Å²) in [6.07, 6.45) is 0. The van der Waals surface area contributed by atoms with Gasteiger partial charge in [0.05, 0.1) is 5.75 Å². The highest BCUT2D eigenvalue weighted by Gasteiger charge is 2.10. The predicted octanol–water partition coefficient (Wildman–Crippen LogP) is 2.83. The smallest absolute Gasteiger partial charge is 0.313 e. The maximum atomic E-state index is 10.4. The summed E-state index contributed by atoms with van der Waals surface area (Å²) >= 11 is 8.57. The standard InChI is InChI=1S/C9H7ClN2O2S2/c1-4-2-5-7(10)11-9(12-8(5)16-4)15-3-6(13)14/h2H,3H2,1H3,(H,13,14). The molecule has 4 nitrogen and oxygen atoms in total. The van der Waals surface area contributed by atoms with Gasteiger partial charge in [-0.25, -0.2) is 9.97 Å².